The number of benzene rings is 1. The molecule has 20 heavy (non-hydrogen) atoms. The lowest BCUT2D eigenvalue weighted by molar-refractivity contribution is 0.0687. The summed E-state index contributed by atoms with van der Waals surface area (Å²) < 4.78 is 5.40. The van der Waals surface area contributed by atoms with E-state index in [2.05, 4.69) is 20.4 Å². The Labute approximate surface area is 116 Å². The van der Waals surface area contributed by atoms with Crippen LogP contribution in [0.15, 0.2) is 35.8 Å². The minimum absolute atomic E-state index is 0.000464. The van der Waals surface area contributed by atoms with Crippen molar-refractivity contribution < 1.29 is 14.6 Å². The lowest BCUT2D eigenvalue weighted by Gasteiger charge is -2.03. The third-order valence-electron chi connectivity index (χ3n) is 2.47. The van der Waals surface area contributed by atoms with Crippen LogP contribution in [0.25, 0.3) is 10.6 Å². The molecule has 2 N–H and O–H groups in total. The minimum Gasteiger partial charge on any atom is -0.476 e. The molecule has 3 aromatic rings. The van der Waals surface area contributed by atoms with Gasteiger partial charge in [-0.15, -0.1) is 16.4 Å². The first kappa shape index (κ1) is 12.3. The van der Waals surface area contributed by atoms with Gasteiger partial charge >= 0.3 is 5.97 Å². The predicted molar refractivity (Wildman–Crippen MR) is 71.0 cm³/mol. The van der Waals surface area contributed by atoms with Crippen molar-refractivity contribution in [2.45, 2.75) is 0 Å². The fraction of sp³-hybridized carbons (Fsp3) is 0. The fourth-order valence-electron chi connectivity index (χ4n) is 1.58. The van der Waals surface area contributed by atoms with Crippen LogP contribution < -0.4 is 4.74 Å². The third kappa shape index (κ3) is 2.36. The number of aromatic nitrogens is 4. The molecule has 100 valence electrons. The molecule has 2 aromatic heterocycles. The van der Waals surface area contributed by atoms with Crippen molar-refractivity contribution in [2.24, 2.45) is 0 Å². The molecule has 7 nitrogen and oxygen atoms in total. The number of H-pyrrole nitrogens is 1. The quantitative estimate of drug-likeness (QED) is 0.764. The summed E-state index contributed by atoms with van der Waals surface area (Å²) in [4.78, 5) is 15.1. The summed E-state index contributed by atoms with van der Waals surface area (Å²) in [7, 11) is 0. The van der Waals surface area contributed by atoms with E-state index in [0.29, 0.717) is 5.75 Å². The Morgan fingerprint density at radius 3 is 2.75 bits per heavy atom. The molecule has 1 aromatic carbocycles. The molecule has 0 unspecified atom stereocenters. The average Bonchev–Trinajstić information content (AvgIpc) is 3.10. The number of ether oxygens (including phenoxy) is 1. The number of carbonyl (C=O) groups is 1. The molecule has 0 amide bonds. The van der Waals surface area contributed by atoms with E-state index in [1.54, 1.807) is 18.3 Å². The first-order valence-corrected chi connectivity index (χ1v) is 6.44. The summed E-state index contributed by atoms with van der Waals surface area (Å²) >= 11 is 1.54. The van der Waals surface area contributed by atoms with Gasteiger partial charge in [0.05, 0.1) is 0 Å². The van der Waals surface area contributed by atoms with Gasteiger partial charge in [-0.25, -0.2) is 14.9 Å². The van der Waals surface area contributed by atoms with Crippen LogP contribution in [-0.2, 0) is 0 Å². The van der Waals surface area contributed by atoms with Gasteiger partial charge in [0.1, 0.15) is 10.8 Å². The Morgan fingerprint density at radius 1 is 1.30 bits per heavy atom. The van der Waals surface area contributed by atoms with E-state index in [1.807, 2.05) is 17.5 Å². The number of carboxylic acids is 1. The number of thiazole rings is 1. The van der Waals surface area contributed by atoms with Gasteiger partial charge in [0.25, 0.3) is 5.88 Å². The number of aromatic amines is 1. The van der Waals surface area contributed by atoms with E-state index in [1.165, 1.54) is 11.3 Å². The Morgan fingerprint density at radius 2 is 2.10 bits per heavy atom. The molecule has 0 atom stereocenters. The second kappa shape index (κ2) is 5.10. The summed E-state index contributed by atoms with van der Waals surface area (Å²) in [5.74, 6) is -0.716. The number of aromatic carboxylic acids is 1. The Kier molecular flexibility index (Phi) is 3.13. The smallest absolute Gasteiger partial charge is 0.362 e. The maximum Gasteiger partial charge on any atom is 0.362 e. The highest BCUT2D eigenvalue weighted by atomic mass is 32.1. The highest BCUT2D eigenvalue weighted by molar-refractivity contribution is 7.13. The first-order chi connectivity index (χ1) is 9.74. The van der Waals surface area contributed by atoms with Crippen LogP contribution in [0.4, 0.5) is 0 Å². The van der Waals surface area contributed by atoms with E-state index in [9.17, 15) is 4.79 Å². The Hall–Kier alpha value is -2.74. The lowest BCUT2D eigenvalue weighted by Crippen LogP contribution is -1.99. The zero-order valence-electron chi connectivity index (χ0n) is 9.98. The number of hydrogen-bond acceptors (Lipinski definition) is 6. The highest BCUT2D eigenvalue weighted by Gasteiger charge is 2.16. The van der Waals surface area contributed by atoms with Crippen molar-refractivity contribution in [2.75, 3.05) is 0 Å². The molecule has 0 aliphatic heterocycles. The Balaban J connectivity index is 1.82. The summed E-state index contributed by atoms with van der Waals surface area (Å²) in [6, 6.07) is 7.14. The van der Waals surface area contributed by atoms with Crippen molar-refractivity contribution in [3.8, 4) is 22.2 Å². The molecule has 0 saturated carbocycles. The number of hydrogen-bond donors (Lipinski definition) is 2. The molecule has 2 heterocycles. The summed E-state index contributed by atoms with van der Waals surface area (Å²) in [6.07, 6.45) is 1.74. The molecule has 0 fully saturated rings. The predicted octanol–water partition coefficient (Wildman–Crippen LogP) is 2.42. The highest BCUT2D eigenvalue weighted by Crippen LogP contribution is 2.26. The van der Waals surface area contributed by atoms with Crippen molar-refractivity contribution in [3.63, 3.8) is 0 Å². The molecular formula is C12H8N4O3S. The van der Waals surface area contributed by atoms with Crippen LogP contribution in [0.5, 0.6) is 11.6 Å². The van der Waals surface area contributed by atoms with E-state index in [0.717, 1.165) is 10.6 Å². The van der Waals surface area contributed by atoms with E-state index < -0.39 is 5.97 Å². The topological polar surface area (TPSA) is 101 Å². The van der Waals surface area contributed by atoms with Crippen LogP contribution >= 0.6 is 11.3 Å². The minimum atomic E-state index is -1.20. The van der Waals surface area contributed by atoms with E-state index >= 15 is 0 Å². The number of rotatable bonds is 4. The number of carboxylic acid groups (broad SMARTS) is 1. The Bertz CT molecular complexity index is 722. The zero-order chi connectivity index (χ0) is 13.9. The molecule has 0 bridgehead atoms. The van der Waals surface area contributed by atoms with Gasteiger partial charge in [-0.3, -0.25) is 0 Å². The average molecular weight is 288 g/mol. The lowest BCUT2D eigenvalue weighted by atomic mass is 10.2. The van der Waals surface area contributed by atoms with Gasteiger partial charge < -0.3 is 9.84 Å². The van der Waals surface area contributed by atoms with Crippen LogP contribution in [-0.4, -0.2) is 31.5 Å². The fourth-order valence-corrected chi connectivity index (χ4v) is 2.22. The summed E-state index contributed by atoms with van der Waals surface area (Å²) in [6.45, 7) is 0. The third-order valence-corrected chi connectivity index (χ3v) is 3.29. The van der Waals surface area contributed by atoms with Gasteiger partial charge in [0.2, 0.25) is 5.69 Å². The molecular weight excluding hydrogens is 280 g/mol. The monoisotopic (exact) mass is 288 g/mol. The molecule has 0 aliphatic rings. The first-order valence-electron chi connectivity index (χ1n) is 5.56. The number of nitrogens with zero attached hydrogens (tertiary/aromatic N) is 3. The molecule has 0 radical (unpaired) electrons. The van der Waals surface area contributed by atoms with Crippen molar-refractivity contribution in [1.82, 2.24) is 20.4 Å². The van der Waals surface area contributed by atoms with Crippen molar-refractivity contribution >= 4 is 17.3 Å². The van der Waals surface area contributed by atoms with Crippen molar-refractivity contribution in [3.05, 3.63) is 41.5 Å². The van der Waals surface area contributed by atoms with E-state index in [4.69, 9.17) is 9.84 Å². The van der Waals surface area contributed by atoms with Crippen molar-refractivity contribution in [1.29, 1.82) is 0 Å². The second-order valence-corrected chi connectivity index (χ2v) is 4.65. The largest absolute Gasteiger partial charge is 0.476 e. The standard InChI is InChI=1S/C12H8N4O3S/c17-12(18)9-10(15-16-14-9)19-8-3-1-7(2-4-8)11-13-5-6-20-11/h1-6H,(H,17,18)(H,14,15,16). The maximum atomic E-state index is 10.9. The summed E-state index contributed by atoms with van der Waals surface area (Å²) in [5.41, 5.74) is 0.711. The zero-order valence-corrected chi connectivity index (χ0v) is 10.8. The maximum absolute atomic E-state index is 10.9. The number of nitrogens with one attached hydrogen (secondary N) is 1. The van der Waals surface area contributed by atoms with Crippen LogP contribution in [0.3, 0.4) is 0 Å². The second-order valence-electron chi connectivity index (χ2n) is 3.76. The molecule has 0 saturated heterocycles. The molecule has 8 heteroatoms. The van der Waals surface area contributed by atoms with Gasteiger partial charge in [-0.2, -0.15) is 0 Å². The van der Waals surface area contributed by atoms with Gasteiger partial charge in [0, 0.05) is 17.1 Å². The molecule has 0 spiro atoms. The van der Waals surface area contributed by atoms with E-state index in [-0.39, 0.29) is 11.6 Å². The normalized spacial score (nSPS) is 10.4. The van der Waals surface area contributed by atoms with Crippen LogP contribution in [0.2, 0.25) is 0 Å². The summed E-state index contributed by atoms with van der Waals surface area (Å²) in [5, 5.41) is 20.9. The van der Waals surface area contributed by atoms with Crippen LogP contribution in [0.1, 0.15) is 10.5 Å². The van der Waals surface area contributed by atoms with Gasteiger partial charge in [-0.05, 0) is 24.3 Å². The molecule has 3 rings (SSSR count). The van der Waals surface area contributed by atoms with Gasteiger partial charge in [-0.1, -0.05) is 5.21 Å². The van der Waals surface area contributed by atoms with Gasteiger partial charge in [0.15, 0.2) is 0 Å². The van der Waals surface area contributed by atoms with Crippen LogP contribution in [0, 0.1) is 0 Å². The molecule has 0 aliphatic carbocycles. The SMILES string of the molecule is O=C(O)c1nn[nH]c1Oc1ccc(-c2nccs2)cc1.